The summed E-state index contributed by atoms with van der Waals surface area (Å²) in [5, 5.41) is 20.3. The van der Waals surface area contributed by atoms with Gasteiger partial charge in [0.1, 0.15) is 5.76 Å². The van der Waals surface area contributed by atoms with Crippen LogP contribution in [0, 0.1) is 6.92 Å². The fourth-order valence-corrected chi connectivity index (χ4v) is 2.50. The van der Waals surface area contributed by atoms with Crippen LogP contribution < -0.4 is 5.32 Å². The van der Waals surface area contributed by atoms with Crippen LogP contribution in [0.3, 0.4) is 0 Å². The quantitative estimate of drug-likeness (QED) is 0.721. The summed E-state index contributed by atoms with van der Waals surface area (Å²) in [6.07, 6.45) is 3.52. The smallest absolute Gasteiger partial charge is 0.274 e. The number of hydrogen-bond acceptors (Lipinski definition) is 5. The number of carbonyl (C=O) groups excluding carboxylic acids is 1. The predicted octanol–water partition coefficient (Wildman–Crippen LogP) is 1.84. The van der Waals surface area contributed by atoms with Gasteiger partial charge in [0.2, 0.25) is 0 Å². The summed E-state index contributed by atoms with van der Waals surface area (Å²) in [4.78, 5) is 12.6. The molecular weight excluding hydrogens is 308 g/mol. The molecule has 0 bridgehead atoms. The highest BCUT2D eigenvalue weighted by molar-refractivity contribution is 5.94. The molecule has 1 amide bonds. The van der Waals surface area contributed by atoms with Crippen LogP contribution in [0.5, 0.6) is 0 Å². The highest BCUT2D eigenvalue weighted by Gasteiger charge is 2.23. The van der Waals surface area contributed by atoms with Gasteiger partial charge in [0, 0.05) is 12.4 Å². The fraction of sp³-hybridized carbons (Fsp3) is 0.235. The summed E-state index contributed by atoms with van der Waals surface area (Å²) >= 11 is 0. The predicted molar refractivity (Wildman–Crippen MR) is 86.0 cm³/mol. The molecule has 1 unspecified atom stereocenters. The van der Waals surface area contributed by atoms with Crippen LogP contribution in [-0.2, 0) is 13.2 Å². The third kappa shape index (κ3) is 3.36. The van der Waals surface area contributed by atoms with Crippen LogP contribution >= 0.6 is 0 Å². The number of aromatic nitrogens is 3. The standard InChI is InChI=1S/C17H18N4O3/c1-12-14(11-22)16(20-24-12)17(23)19-15(10-21-9-5-8-18-21)13-6-3-2-4-7-13/h2-9,15,22H,10-11H2,1H3,(H,19,23). The van der Waals surface area contributed by atoms with Gasteiger partial charge < -0.3 is 14.9 Å². The van der Waals surface area contributed by atoms with E-state index in [0.717, 1.165) is 5.56 Å². The topological polar surface area (TPSA) is 93.2 Å². The molecule has 0 aliphatic carbocycles. The Balaban J connectivity index is 1.84. The lowest BCUT2D eigenvalue weighted by Gasteiger charge is -2.19. The van der Waals surface area contributed by atoms with Crippen molar-refractivity contribution in [1.82, 2.24) is 20.3 Å². The summed E-state index contributed by atoms with van der Waals surface area (Å²) in [6.45, 7) is 1.84. The molecule has 24 heavy (non-hydrogen) atoms. The minimum Gasteiger partial charge on any atom is -0.391 e. The van der Waals surface area contributed by atoms with Crippen molar-refractivity contribution in [2.24, 2.45) is 0 Å². The van der Waals surface area contributed by atoms with Crippen molar-refractivity contribution < 1.29 is 14.4 Å². The number of amides is 1. The molecule has 2 heterocycles. The second kappa shape index (κ2) is 7.10. The summed E-state index contributed by atoms with van der Waals surface area (Å²) in [7, 11) is 0. The summed E-state index contributed by atoms with van der Waals surface area (Å²) in [5.74, 6) is 0.0443. The fourth-order valence-electron chi connectivity index (χ4n) is 2.50. The van der Waals surface area contributed by atoms with E-state index in [1.807, 2.05) is 42.6 Å². The molecule has 0 fully saturated rings. The first-order valence-electron chi connectivity index (χ1n) is 7.58. The number of rotatable bonds is 6. The van der Waals surface area contributed by atoms with Gasteiger partial charge >= 0.3 is 0 Å². The van der Waals surface area contributed by atoms with Gasteiger partial charge in [-0.05, 0) is 18.6 Å². The zero-order chi connectivity index (χ0) is 16.9. The molecule has 0 saturated carbocycles. The molecule has 0 aliphatic rings. The summed E-state index contributed by atoms with van der Waals surface area (Å²) < 4.78 is 6.76. The van der Waals surface area contributed by atoms with Crippen LogP contribution in [0.4, 0.5) is 0 Å². The lowest BCUT2D eigenvalue weighted by Crippen LogP contribution is -2.32. The number of nitrogens with one attached hydrogen (secondary N) is 1. The molecule has 0 saturated heterocycles. The van der Waals surface area contributed by atoms with Crippen molar-refractivity contribution in [3.8, 4) is 0 Å². The van der Waals surface area contributed by atoms with Gasteiger partial charge in [-0.3, -0.25) is 9.48 Å². The Morgan fingerprint density at radius 2 is 2.12 bits per heavy atom. The van der Waals surface area contributed by atoms with Gasteiger partial charge in [-0.1, -0.05) is 35.5 Å². The minimum atomic E-state index is -0.392. The number of benzene rings is 1. The molecule has 2 N–H and O–H groups in total. The molecule has 3 aromatic rings. The minimum absolute atomic E-state index is 0.108. The monoisotopic (exact) mass is 326 g/mol. The van der Waals surface area contributed by atoms with E-state index in [-0.39, 0.29) is 18.3 Å². The van der Waals surface area contributed by atoms with Crippen molar-refractivity contribution >= 4 is 5.91 Å². The number of hydrogen-bond donors (Lipinski definition) is 2. The third-order valence-corrected chi connectivity index (χ3v) is 3.79. The first-order valence-corrected chi connectivity index (χ1v) is 7.58. The first kappa shape index (κ1) is 15.9. The van der Waals surface area contributed by atoms with E-state index in [0.29, 0.717) is 17.9 Å². The van der Waals surface area contributed by atoms with E-state index in [4.69, 9.17) is 4.52 Å². The number of aliphatic hydroxyl groups excluding tert-OH is 1. The van der Waals surface area contributed by atoms with E-state index in [1.165, 1.54) is 0 Å². The zero-order valence-electron chi connectivity index (χ0n) is 13.2. The summed E-state index contributed by atoms with van der Waals surface area (Å²) in [5.41, 5.74) is 1.46. The molecule has 7 heteroatoms. The van der Waals surface area contributed by atoms with Crippen molar-refractivity contribution in [3.63, 3.8) is 0 Å². The Morgan fingerprint density at radius 3 is 2.79 bits per heavy atom. The Morgan fingerprint density at radius 1 is 1.33 bits per heavy atom. The number of aliphatic hydroxyl groups is 1. The van der Waals surface area contributed by atoms with Gasteiger partial charge in [-0.2, -0.15) is 5.10 Å². The van der Waals surface area contributed by atoms with Crippen molar-refractivity contribution in [2.45, 2.75) is 26.1 Å². The molecule has 3 rings (SSSR count). The maximum atomic E-state index is 12.6. The van der Waals surface area contributed by atoms with E-state index in [2.05, 4.69) is 15.6 Å². The van der Waals surface area contributed by atoms with Gasteiger partial charge in [-0.15, -0.1) is 0 Å². The lowest BCUT2D eigenvalue weighted by molar-refractivity contribution is 0.0920. The van der Waals surface area contributed by atoms with Gasteiger partial charge in [0.05, 0.1) is 24.8 Å². The molecule has 0 aliphatic heterocycles. The van der Waals surface area contributed by atoms with E-state index < -0.39 is 5.91 Å². The van der Waals surface area contributed by atoms with Crippen molar-refractivity contribution in [3.05, 3.63) is 71.4 Å². The number of nitrogens with zero attached hydrogens (tertiary/aromatic N) is 3. The first-order chi connectivity index (χ1) is 11.7. The Labute approximate surface area is 138 Å². The van der Waals surface area contributed by atoms with E-state index in [9.17, 15) is 9.90 Å². The Hall–Kier alpha value is -2.93. The molecule has 124 valence electrons. The van der Waals surface area contributed by atoms with Crippen molar-refractivity contribution in [1.29, 1.82) is 0 Å². The number of carbonyl (C=O) groups is 1. The van der Waals surface area contributed by atoms with Gasteiger partial charge in [-0.25, -0.2) is 0 Å². The average molecular weight is 326 g/mol. The van der Waals surface area contributed by atoms with Gasteiger partial charge in [0.15, 0.2) is 5.69 Å². The van der Waals surface area contributed by atoms with E-state index >= 15 is 0 Å². The molecule has 0 radical (unpaired) electrons. The normalized spacial score (nSPS) is 12.1. The van der Waals surface area contributed by atoms with Crippen LogP contribution in [0.15, 0.2) is 53.3 Å². The molecular formula is C17H18N4O3. The van der Waals surface area contributed by atoms with Crippen LogP contribution in [0.1, 0.15) is 33.4 Å². The maximum absolute atomic E-state index is 12.6. The zero-order valence-corrected chi connectivity index (χ0v) is 13.2. The van der Waals surface area contributed by atoms with E-state index in [1.54, 1.807) is 17.8 Å². The van der Waals surface area contributed by atoms with Gasteiger partial charge in [0.25, 0.3) is 5.91 Å². The molecule has 2 aromatic heterocycles. The Bertz CT molecular complexity index is 797. The maximum Gasteiger partial charge on any atom is 0.274 e. The SMILES string of the molecule is Cc1onc(C(=O)NC(Cn2cccn2)c2ccccc2)c1CO. The largest absolute Gasteiger partial charge is 0.391 e. The molecule has 0 spiro atoms. The second-order valence-electron chi connectivity index (χ2n) is 5.39. The van der Waals surface area contributed by atoms with Crippen LogP contribution in [0.2, 0.25) is 0 Å². The summed E-state index contributed by atoms with van der Waals surface area (Å²) in [6, 6.07) is 11.2. The van der Waals surface area contributed by atoms with Crippen LogP contribution in [-0.4, -0.2) is 26.0 Å². The average Bonchev–Trinajstić information content (AvgIpc) is 3.24. The highest BCUT2D eigenvalue weighted by Crippen LogP contribution is 2.18. The second-order valence-corrected chi connectivity index (χ2v) is 5.39. The molecule has 1 aromatic carbocycles. The molecule has 7 nitrogen and oxygen atoms in total. The third-order valence-electron chi connectivity index (χ3n) is 3.79. The Kier molecular flexibility index (Phi) is 4.72. The number of aryl methyl sites for hydroxylation is 1. The molecule has 1 atom stereocenters. The lowest BCUT2D eigenvalue weighted by atomic mass is 10.1. The van der Waals surface area contributed by atoms with Crippen molar-refractivity contribution in [2.75, 3.05) is 0 Å². The van der Waals surface area contributed by atoms with Crippen LogP contribution in [0.25, 0.3) is 0 Å². The highest BCUT2D eigenvalue weighted by atomic mass is 16.5.